The maximum atomic E-state index is 13.6. The number of sulfone groups is 1. The van der Waals surface area contributed by atoms with E-state index in [4.69, 9.17) is 10.5 Å². The van der Waals surface area contributed by atoms with Gasteiger partial charge in [-0.25, -0.2) is 8.42 Å². The number of nitrogens with two attached hydrogens (primary N) is 1. The average molecular weight is 484 g/mol. The van der Waals surface area contributed by atoms with Crippen molar-refractivity contribution in [2.24, 2.45) is 5.73 Å². The Morgan fingerprint density at radius 3 is 2.41 bits per heavy atom. The van der Waals surface area contributed by atoms with Gasteiger partial charge in [0.1, 0.15) is 10.5 Å². The van der Waals surface area contributed by atoms with Gasteiger partial charge in [-0.3, -0.25) is 0 Å². The molecule has 2 aromatic carbocycles. The van der Waals surface area contributed by atoms with Crippen molar-refractivity contribution >= 4 is 15.5 Å². The van der Waals surface area contributed by atoms with Crippen LogP contribution in [0.5, 0.6) is 5.75 Å². The van der Waals surface area contributed by atoms with Gasteiger partial charge in [0.05, 0.1) is 11.5 Å². The van der Waals surface area contributed by atoms with Crippen molar-refractivity contribution in [2.75, 3.05) is 38.7 Å². The molecule has 1 aliphatic carbocycles. The second kappa shape index (κ2) is 10.0. The van der Waals surface area contributed by atoms with E-state index in [-0.39, 0.29) is 10.6 Å². The van der Waals surface area contributed by atoms with E-state index in [1.54, 1.807) is 24.3 Å². The van der Waals surface area contributed by atoms with Crippen LogP contribution in [0.1, 0.15) is 37.7 Å². The van der Waals surface area contributed by atoms with Crippen LogP contribution in [0, 0.1) is 0 Å². The Balaban J connectivity index is 1.35. The van der Waals surface area contributed by atoms with Crippen LogP contribution in [-0.4, -0.2) is 57.9 Å². The van der Waals surface area contributed by atoms with E-state index in [1.807, 2.05) is 14.1 Å². The fraction of sp³-hybridized carbons (Fsp3) is 0.481. The van der Waals surface area contributed by atoms with Gasteiger partial charge in [-0.2, -0.15) is 0 Å². The summed E-state index contributed by atoms with van der Waals surface area (Å²) in [6.07, 6.45) is 5.22. The van der Waals surface area contributed by atoms with E-state index in [0.29, 0.717) is 31.2 Å². The van der Waals surface area contributed by atoms with Gasteiger partial charge in [0.2, 0.25) is 0 Å². The highest BCUT2D eigenvalue weighted by Gasteiger charge is 2.49. The van der Waals surface area contributed by atoms with Gasteiger partial charge in [0.25, 0.3) is 0 Å². The lowest BCUT2D eigenvalue weighted by molar-refractivity contribution is 0.198. The fourth-order valence-corrected chi connectivity index (χ4v) is 6.86. The molecule has 2 N–H and O–H groups in total. The molecule has 1 heterocycles. The van der Waals surface area contributed by atoms with E-state index in [1.165, 1.54) is 24.1 Å². The van der Waals surface area contributed by atoms with Crippen LogP contribution >= 0.6 is 0 Å². The van der Waals surface area contributed by atoms with Gasteiger partial charge in [-0.1, -0.05) is 18.7 Å². The third-order valence-corrected chi connectivity index (χ3v) is 9.80. The van der Waals surface area contributed by atoms with Crippen molar-refractivity contribution in [3.8, 4) is 5.75 Å². The zero-order chi connectivity index (χ0) is 24.3. The number of benzene rings is 2. The van der Waals surface area contributed by atoms with Gasteiger partial charge in [0.15, 0.2) is 9.84 Å². The lowest BCUT2D eigenvalue weighted by Gasteiger charge is -2.41. The van der Waals surface area contributed by atoms with Crippen molar-refractivity contribution in [1.29, 1.82) is 0 Å². The third kappa shape index (κ3) is 5.10. The summed E-state index contributed by atoms with van der Waals surface area (Å²) in [5.41, 5.74) is 8.84. The summed E-state index contributed by atoms with van der Waals surface area (Å²) >= 11 is 0. The minimum atomic E-state index is -3.65. The molecule has 1 saturated heterocycles. The summed E-state index contributed by atoms with van der Waals surface area (Å²) in [5, 5.41) is 0. The van der Waals surface area contributed by atoms with Gasteiger partial charge in [-0.15, -0.1) is 0 Å². The standard InChI is InChI=1S/C27H37N3O3S/c1-21(28)27(15-17-30(18-16-27)23-9-10-23)34(31,32)26-13-11-25(12-14-26)33-19-5-7-22-6-4-8-24(20-22)29(2)3/h4,6,8,11-14,20,23H,1,5,7,9-10,15-19,28H2,2-3H3. The molecule has 0 amide bonds. The van der Waals surface area contributed by atoms with Crippen molar-refractivity contribution in [3.63, 3.8) is 0 Å². The number of anilines is 1. The molecule has 34 heavy (non-hydrogen) atoms. The molecule has 7 heteroatoms. The Bertz CT molecular complexity index is 1100. The highest BCUT2D eigenvalue weighted by atomic mass is 32.2. The number of hydrogen-bond donors (Lipinski definition) is 1. The first-order chi connectivity index (χ1) is 16.2. The SMILES string of the molecule is C=C(N)C1(S(=O)(=O)c2ccc(OCCCc3cccc(N(C)C)c3)cc2)CCN(C2CC2)CC1. The lowest BCUT2D eigenvalue weighted by atomic mass is 9.93. The van der Waals surface area contributed by atoms with Gasteiger partial charge >= 0.3 is 0 Å². The zero-order valence-electron chi connectivity index (χ0n) is 20.4. The van der Waals surface area contributed by atoms with E-state index in [2.05, 4.69) is 40.6 Å². The maximum absolute atomic E-state index is 13.6. The Labute approximate surface area is 204 Å². The van der Waals surface area contributed by atoms with Crippen molar-refractivity contribution in [3.05, 3.63) is 66.4 Å². The van der Waals surface area contributed by atoms with Crippen LogP contribution in [0.15, 0.2) is 65.7 Å². The fourth-order valence-electron chi connectivity index (χ4n) is 4.85. The Kier molecular flexibility index (Phi) is 7.24. The summed E-state index contributed by atoms with van der Waals surface area (Å²) in [7, 11) is 0.421. The monoisotopic (exact) mass is 483 g/mol. The number of aryl methyl sites for hydroxylation is 1. The van der Waals surface area contributed by atoms with E-state index < -0.39 is 14.6 Å². The summed E-state index contributed by atoms with van der Waals surface area (Å²) in [4.78, 5) is 4.77. The molecule has 1 saturated carbocycles. The number of rotatable bonds is 10. The topological polar surface area (TPSA) is 75.9 Å². The quantitative estimate of drug-likeness (QED) is 0.515. The molecule has 0 aromatic heterocycles. The number of hydrogen-bond acceptors (Lipinski definition) is 6. The van der Waals surface area contributed by atoms with Gasteiger partial charge < -0.3 is 20.3 Å². The first kappa shape index (κ1) is 24.6. The number of likely N-dealkylation sites (tertiary alicyclic amines) is 1. The van der Waals surface area contributed by atoms with Crippen LogP contribution in [0.25, 0.3) is 0 Å². The van der Waals surface area contributed by atoms with Crippen LogP contribution < -0.4 is 15.4 Å². The highest BCUT2D eigenvalue weighted by Crippen LogP contribution is 2.41. The minimum Gasteiger partial charge on any atom is -0.494 e. The summed E-state index contributed by atoms with van der Waals surface area (Å²) in [6, 6.07) is 15.9. The minimum absolute atomic E-state index is 0.251. The summed E-state index contributed by atoms with van der Waals surface area (Å²) in [6.45, 7) is 5.95. The van der Waals surface area contributed by atoms with E-state index in [9.17, 15) is 8.42 Å². The smallest absolute Gasteiger partial charge is 0.189 e. The third-order valence-electron chi connectivity index (χ3n) is 7.21. The first-order valence-electron chi connectivity index (χ1n) is 12.2. The molecule has 0 unspecified atom stereocenters. The molecule has 0 spiro atoms. The normalized spacial score (nSPS) is 18.4. The van der Waals surface area contributed by atoms with Crippen LogP contribution in [0.3, 0.4) is 0 Å². The molecule has 2 fully saturated rings. The molecule has 6 nitrogen and oxygen atoms in total. The summed E-state index contributed by atoms with van der Waals surface area (Å²) in [5.74, 6) is 0.671. The van der Waals surface area contributed by atoms with Crippen LogP contribution in [0.2, 0.25) is 0 Å². The predicted molar refractivity (Wildman–Crippen MR) is 138 cm³/mol. The maximum Gasteiger partial charge on any atom is 0.189 e. The van der Waals surface area contributed by atoms with Crippen molar-refractivity contribution < 1.29 is 13.2 Å². The second-order valence-electron chi connectivity index (χ2n) is 9.78. The van der Waals surface area contributed by atoms with Crippen LogP contribution in [0.4, 0.5) is 5.69 Å². The molecule has 1 aliphatic heterocycles. The molecule has 2 aromatic rings. The van der Waals surface area contributed by atoms with Gasteiger partial charge in [-0.05, 0) is 80.5 Å². The van der Waals surface area contributed by atoms with E-state index in [0.717, 1.165) is 25.9 Å². The lowest BCUT2D eigenvalue weighted by Crippen LogP contribution is -2.52. The Hall–Kier alpha value is -2.51. The van der Waals surface area contributed by atoms with Gasteiger partial charge in [0, 0.05) is 44.6 Å². The Morgan fingerprint density at radius 1 is 1.15 bits per heavy atom. The first-order valence-corrected chi connectivity index (χ1v) is 13.6. The zero-order valence-corrected chi connectivity index (χ0v) is 21.2. The molecule has 4 rings (SSSR count). The highest BCUT2D eigenvalue weighted by molar-refractivity contribution is 7.93. The van der Waals surface area contributed by atoms with Crippen molar-refractivity contribution in [2.45, 2.75) is 54.2 Å². The molecule has 184 valence electrons. The predicted octanol–water partition coefficient (Wildman–Crippen LogP) is 4.01. The molecule has 0 atom stereocenters. The molecule has 0 bridgehead atoms. The number of ether oxygens (including phenoxy) is 1. The van der Waals surface area contributed by atoms with Crippen LogP contribution in [-0.2, 0) is 16.3 Å². The number of nitrogens with zero attached hydrogens (tertiary/aromatic N) is 2. The van der Waals surface area contributed by atoms with Crippen molar-refractivity contribution in [1.82, 2.24) is 4.90 Å². The molecular formula is C27H37N3O3S. The largest absolute Gasteiger partial charge is 0.494 e. The molecular weight excluding hydrogens is 446 g/mol. The molecule has 0 radical (unpaired) electrons. The summed E-state index contributed by atoms with van der Waals surface area (Å²) < 4.78 is 32.1. The average Bonchev–Trinajstić information content (AvgIpc) is 3.68. The van der Waals surface area contributed by atoms with E-state index >= 15 is 0 Å². The number of piperidine rings is 1. The molecule has 2 aliphatic rings. The Morgan fingerprint density at radius 2 is 1.82 bits per heavy atom. The second-order valence-corrected chi connectivity index (χ2v) is 12.0.